The van der Waals surface area contributed by atoms with Gasteiger partial charge in [0.15, 0.2) is 0 Å². The van der Waals surface area contributed by atoms with Crippen LogP contribution in [0.2, 0.25) is 0 Å². The molecule has 6 nitrogen and oxygen atoms in total. The van der Waals surface area contributed by atoms with Crippen LogP contribution < -0.4 is 16.0 Å². The van der Waals surface area contributed by atoms with E-state index in [-0.39, 0.29) is 12.3 Å². The average Bonchev–Trinajstić information content (AvgIpc) is 2.75. The number of hydrogen-bond donors (Lipinski definition) is 2. The lowest BCUT2D eigenvalue weighted by Gasteiger charge is -2.29. The number of carbonyl (C=O) groups is 1. The van der Waals surface area contributed by atoms with E-state index >= 15 is 0 Å². The van der Waals surface area contributed by atoms with Gasteiger partial charge in [0.05, 0.1) is 12.1 Å². The van der Waals surface area contributed by atoms with Crippen molar-refractivity contribution in [3.63, 3.8) is 0 Å². The molecule has 1 amide bonds. The molecule has 0 aliphatic carbocycles. The molecule has 1 aromatic heterocycles. The second-order valence-corrected chi connectivity index (χ2v) is 7.33. The van der Waals surface area contributed by atoms with Crippen molar-refractivity contribution in [2.24, 2.45) is 5.73 Å². The molecule has 1 aliphatic rings. The lowest BCUT2D eigenvalue weighted by Crippen LogP contribution is -2.29. The molecule has 3 N–H and O–H groups in total. The first-order valence-electron chi connectivity index (χ1n) is 10.00. The number of rotatable bonds is 6. The number of benzene rings is 2. The van der Waals surface area contributed by atoms with Gasteiger partial charge in [-0.05, 0) is 49.1 Å². The number of anilines is 3. The average molecular weight is 387 g/mol. The first-order chi connectivity index (χ1) is 14.2. The predicted octanol–water partition coefficient (Wildman–Crippen LogP) is 3.91. The number of aromatic nitrogens is 2. The Kier molecular flexibility index (Phi) is 5.70. The monoisotopic (exact) mass is 387 g/mol. The highest BCUT2D eigenvalue weighted by Crippen LogP contribution is 2.25. The van der Waals surface area contributed by atoms with E-state index in [4.69, 9.17) is 5.73 Å². The molecule has 0 atom stereocenters. The normalized spacial score (nSPS) is 13.9. The van der Waals surface area contributed by atoms with Crippen molar-refractivity contribution in [1.82, 2.24) is 9.97 Å². The van der Waals surface area contributed by atoms with Gasteiger partial charge in [0.25, 0.3) is 0 Å². The summed E-state index contributed by atoms with van der Waals surface area (Å²) in [5.41, 5.74) is 10.1. The Morgan fingerprint density at radius 2 is 1.83 bits per heavy atom. The Bertz CT molecular complexity index is 981. The second kappa shape index (κ2) is 8.73. The van der Waals surface area contributed by atoms with E-state index in [1.165, 1.54) is 24.9 Å². The van der Waals surface area contributed by atoms with Crippen LogP contribution in [0, 0.1) is 0 Å². The molecule has 3 aromatic rings. The summed E-state index contributed by atoms with van der Waals surface area (Å²) in [6.45, 7) is 2.22. The summed E-state index contributed by atoms with van der Waals surface area (Å²) in [7, 11) is 0. The summed E-state index contributed by atoms with van der Waals surface area (Å²) in [5.74, 6) is 0.220. The predicted molar refractivity (Wildman–Crippen MR) is 116 cm³/mol. The highest BCUT2D eigenvalue weighted by molar-refractivity contribution is 5.77. The topological polar surface area (TPSA) is 84.1 Å². The van der Waals surface area contributed by atoms with Crippen LogP contribution in [0.5, 0.6) is 0 Å². The van der Waals surface area contributed by atoms with Gasteiger partial charge in [-0.25, -0.2) is 9.97 Å². The summed E-state index contributed by atoms with van der Waals surface area (Å²) in [5, 5.41) is 3.32. The van der Waals surface area contributed by atoms with Crippen molar-refractivity contribution >= 4 is 23.2 Å². The number of nitrogens with zero attached hydrogens (tertiary/aromatic N) is 3. The van der Waals surface area contributed by atoms with Gasteiger partial charge in [0.1, 0.15) is 0 Å². The highest BCUT2D eigenvalue weighted by atomic mass is 16.1. The molecule has 2 aromatic carbocycles. The van der Waals surface area contributed by atoms with Gasteiger partial charge in [-0.2, -0.15) is 0 Å². The molecule has 4 rings (SSSR count). The number of piperidine rings is 1. The number of nitrogens with two attached hydrogens (primary N) is 1. The van der Waals surface area contributed by atoms with Gasteiger partial charge >= 0.3 is 0 Å². The van der Waals surface area contributed by atoms with Gasteiger partial charge in [0.2, 0.25) is 11.9 Å². The zero-order chi connectivity index (χ0) is 20.1. The van der Waals surface area contributed by atoms with Gasteiger partial charge in [-0.15, -0.1) is 0 Å². The molecule has 1 fully saturated rings. The van der Waals surface area contributed by atoms with Crippen molar-refractivity contribution in [3.05, 3.63) is 66.4 Å². The van der Waals surface area contributed by atoms with Crippen LogP contribution in [-0.4, -0.2) is 29.0 Å². The maximum atomic E-state index is 11.1. The second-order valence-electron chi connectivity index (χ2n) is 7.33. The zero-order valence-electron chi connectivity index (χ0n) is 16.3. The molecule has 0 unspecified atom stereocenters. The Morgan fingerprint density at radius 1 is 1.03 bits per heavy atom. The molecule has 0 radical (unpaired) electrons. The van der Waals surface area contributed by atoms with Crippen LogP contribution in [0.15, 0.2) is 60.8 Å². The standard InChI is InChI=1S/C23H25N5O/c24-22(29)15-17-7-9-18(10-8-17)21-11-12-25-23(27-21)26-19-5-4-6-20(16-19)28-13-2-1-3-14-28/h4-12,16H,1-3,13-15H2,(H2,24,29)(H,25,26,27). The lowest BCUT2D eigenvalue weighted by atomic mass is 10.1. The minimum Gasteiger partial charge on any atom is -0.371 e. The third-order valence-corrected chi connectivity index (χ3v) is 5.11. The number of nitrogens with one attached hydrogen (secondary N) is 1. The van der Waals surface area contributed by atoms with Gasteiger partial charge in [-0.1, -0.05) is 30.3 Å². The van der Waals surface area contributed by atoms with Crippen molar-refractivity contribution in [1.29, 1.82) is 0 Å². The highest BCUT2D eigenvalue weighted by Gasteiger charge is 2.11. The maximum Gasteiger partial charge on any atom is 0.227 e. The van der Waals surface area contributed by atoms with Crippen molar-refractivity contribution in [3.8, 4) is 11.3 Å². The first kappa shape index (κ1) is 18.9. The van der Waals surface area contributed by atoms with Crippen molar-refractivity contribution in [2.75, 3.05) is 23.3 Å². The van der Waals surface area contributed by atoms with Gasteiger partial charge in [0, 0.05) is 36.2 Å². The number of amides is 1. The summed E-state index contributed by atoms with van der Waals surface area (Å²) in [6.07, 6.45) is 5.81. The minimum absolute atomic E-state index is 0.240. The summed E-state index contributed by atoms with van der Waals surface area (Å²) < 4.78 is 0. The Hall–Kier alpha value is -3.41. The lowest BCUT2D eigenvalue weighted by molar-refractivity contribution is -0.117. The molecule has 1 saturated heterocycles. The molecular weight excluding hydrogens is 362 g/mol. The van der Waals surface area contributed by atoms with Crippen LogP contribution in [0.4, 0.5) is 17.3 Å². The quantitative estimate of drug-likeness (QED) is 0.670. The fourth-order valence-electron chi connectivity index (χ4n) is 3.64. The Morgan fingerprint density at radius 3 is 2.59 bits per heavy atom. The SMILES string of the molecule is NC(=O)Cc1ccc(-c2ccnc(Nc3cccc(N4CCCCC4)c3)n2)cc1. The van der Waals surface area contributed by atoms with E-state index in [0.29, 0.717) is 5.95 Å². The van der Waals surface area contributed by atoms with Gasteiger partial charge in [-0.3, -0.25) is 4.79 Å². The molecule has 0 saturated carbocycles. The Balaban J connectivity index is 1.50. The molecule has 0 bridgehead atoms. The Labute approximate surface area is 170 Å². The number of carbonyl (C=O) groups excluding carboxylic acids is 1. The summed E-state index contributed by atoms with van der Waals surface area (Å²) in [6, 6.07) is 18.0. The minimum atomic E-state index is -0.335. The van der Waals surface area contributed by atoms with E-state index in [1.54, 1.807) is 6.20 Å². The molecule has 6 heteroatoms. The number of primary amides is 1. The van der Waals surface area contributed by atoms with Crippen LogP contribution in [0.25, 0.3) is 11.3 Å². The first-order valence-corrected chi connectivity index (χ1v) is 10.00. The van der Waals surface area contributed by atoms with Crippen molar-refractivity contribution < 1.29 is 4.79 Å². The smallest absolute Gasteiger partial charge is 0.227 e. The third-order valence-electron chi connectivity index (χ3n) is 5.11. The van der Waals surface area contributed by atoms with Gasteiger partial charge < -0.3 is 16.0 Å². The molecule has 1 aliphatic heterocycles. The molecule has 0 spiro atoms. The van der Waals surface area contributed by atoms with E-state index < -0.39 is 0 Å². The van der Waals surface area contributed by atoms with E-state index in [1.807, 2.05) is 36.4 Å². The largest absolute Gasteiger partial charge is 0.371 e. The van der Waals surface area contributed by atoms with Crippen LogP contribution >= 0.6 is 0 Å². The van der Waals surface area contributed by atoms with E-state index in [2.05, 4.69) is 38.4 Å². The molecule has 29 heavy (non-hydrogen) atoms. The molecular formula is C23H25N5O. The fraction of sp³-hybridized carbons (Fsp3) is 0.261. The van der Waals surface area contributed by atoms with E-state index in [0.717, 1.165) is 35.6 Å². The molecule has 148 valence electrons. The van der Waals surface area contributed by atoms with Crippen LogP contribution in [-0.2, 0) is 11.2 Å². The third kappa shape index (κ3) is 4.90. The summed E-state index contributed by atoms with van der Waals surface area (Å²) in [4.78, 5) is 22.5. The summed E-state index contributed by atoms with van der Waals surface area (Å²) >= 11 is 0. The van der Waals surface area contributed by atoms with Crippen molar-refractivity contribution in [2.45, 2.75) is 25.7 Å². The fourth-order valence-corrected chi connectivity index (χ4v) is 3.64. The maximum absolute atomic E-state index is 11.1. The zero-order valence-corrected chi connectivity index (χ0v) is 16.3. The molecule has 2 heterocycles. The van der Waals surface area contributed by atoms with Crippen LogP contribution in [0.3, 0.4) is 0 Å². The van der Waals surface area contributed by atoms with Crippen LogP contribution in [0.1, 0.15) is 24.8 Å². The number of hydrogen-bond acceptors (Lipinski definition) is 5. The van der Waals surface area contributed by atoms with E-state index in [9.17, 15) is 4.79 Å².